The SMILES string of the molecule is CCOC(=O)Cc1csc(NC(=O)c2cc(Oc3cccc(C)c3)nc(O[C@H](C)COC)c2)n1. The molecule has 0 saturated carbocycles. The number of benzene rings is 1. The summed E-state index contributed by atoms with van der Waals surface area (Å²) in [6.45, 7) is 6.18. The Labute approximate surface area is 202 Å². The molecule has 0 fully saturated rings. The van der Waals surface area contributed by atoms with Crippen LogP contribution >= 0.6 is 11.3 Å². The number of esters is 1. The van der Waals surface area contributed by atoms with Crippen LogP contribution in [0.5, 0.6) is 17.5 Å². The number of nitrogens with zero attached hydrogens (tertiary/aromatic N) is 2. The molecule has 9 nitrogen and oxygen atoms in total. The molecule has 180 valence electrons. The molecule has 1 atom stereocenters. The van der Waals surface area contributed by atoms with Crippen LogP contribution in [0.2, 0.25) is 0 Å². The molecule has 0 aliphatic rings. The van der Waals surface area contributed by atoms with E-state index in [9.17, 15) is 9.59 Å². The fraction of sp³-hybridized carbons (Fsp3) is 0.333. The van der Waals surface area contributed by atoms with Gasteiger partial charge in [0.2, 0.25) is 11.8 Å². The summed E-state index contributed by atoms with van der Waals surface area (Å²) in [7, 11) is 1.58. The van der Waals surface area contributed by atoms with Crippen molar-refractivity contribution in [1.82, 2.24) is 9.97 Å². The highest BCUT2D eigenvalue weighted by Gasteiger charge is 2.16. The van der Waals surface area contributed by atoms with Gasteiger partial charge < -0.3 is 18.9 Å². The number of pyridine rings is 1. The highest BCUT2D eigenvalue weighted by molar-refractivity contribution is 7.14. The van der Waals surface area contributed by atoms with E-state index in [1.165, 1.54) is 23.5 Å². The first-order chi connectivity index (χ1) is 16.4. The Hall–Kier alpha value is -3.50. The number of thiazole rings is 1. The van der Waals surface area contributed by atoms with Crippen LogP contribution in [0.4, 0.5) is 5.13 Å². The normalized spacial score (nSPS) is 11.5. The van der Waals surface area contributed by atoms with Crippen LogP contribution in [0, 0.1) is 6.92 Å². The highest BCUT2D eigenvalue weighted by Crippen LogP contribution is 2.26. The van der Waals surface area contributed by atoms with E-state index in [1.807, 2.05) is 32.0 Å². The van der Waals surface area contributed by atoms with Gasteiger partial charge in [-0.15, -0.1) is 11.3 Å². The Morgan fingerprint density at radius 2 is 1.94 bits per heavy atom. The van der Waals surface area contributed by atoms with Gasteiger partial charge in [-0.1, -0.05) is 12.1 Å². The molecule has 3 rings (SSSR count). The number of hydrogen-bond acceptors (Lipinski definition) is 9. The summed E-state index contributed by atoms with van der Waals surface area (Å²) in [5.74, 6) is 0.231. The number of methoxy groups -OCH3 is 1. The predicted molar refractivity (Wildman–Crippen MR) is 128 cm³/mol. The molecule has 10 heteroatoms. The van der Waals surface area contributed by atoms with Crippen molar-refractivity contribution >= 4 is 28.3 Å². The summed E-state index contributed by atoms with van der Waals surface area (Å²) >= 11 is 1.22. The third-order valence-electron chi connectivity index (χ3n) is 4.38. The van der Waals surface area contributed by atoms with Crippen LogP contribution in [0.25, 0.3) is 0 Å². The predicted octanol–water partition coefficient (Wildman–Crippen LogP) is 4.41. The zero-order valence-corrected chi connectivity index (χ0v) is 20.3. The van der Waals surface area contributed by atoms with Crippen molar-refractivity contribution in [2.45, 2.75) is 33.3 Å². The third-order valence-corrected chi connectivity index (χ3v) is 5.19. The van der Waals surface area contributed by atoms with Crippen molar-refractivity contribution < 1.29 is 28.5 Å². The number of anilines is 1. The maximum Gasteiger partial charge on any atom is 0.311 e. The van der Waals surface area contributed by atoms with Crippen molar-refractivity contribution in [1.29, 1.82) is 0 Å². The van der Waals surface area contributed by atoms with Crippen molar-refractivity contribution in [2.24, 2.45) is 0 Å². The standard InChI is InChI=1S/C24H27N3O6S/c1-5-31-22(28)12-18-14-34-24(25-18)27-23(29)17-10-20(32-16(3)13-30-4)26-21(11-17)33-19-8-6-7-15(2)9-19/h6-11,14,16H,5,12-13H2,1-4H3,(H,25,27,29)/t16-/m1/s1. The Balaban J connectivity index is 1.80. The lowest BCUT2D eigenvalue weighted by molar-refractivity contribution is -0.142. The van der Waals surface area contributed by atoms with Crippen molar-refractivity contribution in [3.05, 3.63) is 58.6 Å². The molecular weight excluding hydrogens is 458 g/mol. The van der Waals surface area contributed by atoms with E-state index in [-0.39, 0.29) is 35.8 Å². The van der Waals surface area contributed by atoms with Gasteiger partial charge in [0, 0.05) is 24.6 Å². The first kappa shape index (κ1) is 25.1. The lowest BCUT2D eigenvalue weighted by atomic mass is 10.2. The minimum atomic E-state index is -0.419. The topological polar surface area (TPSA) is 109 Å². The molecule has 2 heterocycles. The Kier molecular flexibility index (Phi) is 8.94. The molecule has 0 saturated heterocycles. The molecule has 1 aromatic carbocycles. The number of hydrogen-bond donors (Lipinski definition) is 1. The van der Waals surface area contributed by atoms with Crippen molar-refractivity contribution in [3.8, 4) is 17.5 Å². The van der Waals surface area contributed by atoms with Gasteiger partial charge in [0.25, 0.3) is 5.91 Å². The number of aryl methyl sites for hydroxylation is 1. The average molecular weight is 486 g/mol. The largest absolute Gasteiger partial charge is 0.472 e. The fourth-order valence-electron chi connectivity index (χ4n) is 2.97. The van der Waals surface area contributed by atoms with Crippen molar-refractivity contribution in [3.63, 3.8) is 0 Å². The second-order valence-corrected chi connectivity index (χ2v) is 8.27. The second-order valence-electron chi connectivity index (χ2n) is 7.41. The Morgan fingerprint density at radius 1 is 1.15 bits per heavy atom. The number of rotatable bonds is 11. The first-order valence-corrected chi connectivity index (χ1v) is 11.6. The molecule has 2 aromatic heterocycles. The molecule has 34 heavy (non-hydrogen) atoms. The molecule has 1 amide bonds. The van der Waals surface area contributed by atoms with Gasteiger partial charge in [0.1, 0.15) is 11.9 Å². The van der Waals surface area contributed by atoms with Gasteiger partial charge in [0.15, 0.2) is 5.13 Å². The highest BCUT2D eigenvalue weighted by atomic mass is 32.1. The summed E-state index contributed by atoms with van der Waals surface area (Å²) < 4.78 is 21.7. The number of amides is 1. The first-order valence-electron chi connectivity index (χ1n) is 10.7. The number of carbonyl (C=O) groups is 2. The summed E-state index contributed by atoms with van der Waals surface area (Å²) in [6, 6.07) is 10.5. The van der Waals surface area contributed by atoms with Gasteiger partial charge in [-0.3, -0.25) is 14.9 Å². The fourth-order valence-corrected chi connectivity index (χ4v) is 3.68. The van der Waals surface area contributed by atoms with E-state index < -0.39 is 5.91 Å². The second kappa shape index (κ2) is 12.1. The van der Waals surface area contributed by atoms with Gasteiger partial charge in [-0.2, -0.15) is 4.98 Å². The summed E-state index contributed by atoms with van der Waals surface area (Å²) in [5, 5.41) is 4.80. The summed E-state index contributed by atoms with van der Waals surface area (Å²) in [4.78, 5) is 33.3. The molecule has 0 aliphatic heterocycles. The molecule has 0 aliphatic carbocycles. The lowest BCUT2D eigenvalue weighted by Gasteiger charge is -2.15. The number of aromatic nitrogens is 2. The number of nitrogens with one attached hydrogen (secondary N) is 1. The van der Waals surface area contributed by atoms with Crippen LogP contribution in [-0.4, -0.2) is 48.3 Å². The molecule has 0 spiro atoms. The van der Waals surface area contributed by atoms with E-state index in [4.69, 9.17) is 18.9 Å². The number of carbonyl (C=O) groups excluding carboxylic acids is 2. The van der Waals surface area contributed by atoms with Crippen LogP contribution in [-0.2, 0) is 20.7 Å². The average Bonchev–Trinajstić information content (AvgIpc) is 3.20. The van der Waals surface area contributed by atoms with Crippen LogP contribution in [0.1, 0.15) is 35.5 Å². The molecule has 3 aromatic rings. The third kappa shape index (κ3) is 7.53. The zero-order valence-electron chi connectivity index (χ0n) is 19.5. The molecule has 1 N–H and O–H groups in total. The van der Waals surface area contributed by atoms with Crippen molar-refractivity contribution in [2.75, 3.05) is 25.6 Å². The Bertz CT molecular complexity index is 1130. The lowest BCUT2D eigenvalue weighted by Crippen LogP contribution is -2.19. The maximum atomic E-state index is 13.0. The molecule has 0 bridgehead atoms. The molecule has 0 unspecified atom stereocenters. The number of ether oxygens (including phenoxy) is 4. The van der Waals surface area contributed by atoms with Gasteiger partial charge >= 0.3 is 5.97 Å². The van der Waals surface area contributed by atoms with Crippen LogP contribution in [0.15, 0.2) is 41.8 Å². The minimum absolute atomic E-state index is 0.0410. The molecule has 0 radical (unpaired) electrons. The molecular formula is C24H27N3O6S. The monoisotopic (exact) mass is 485 g/mol. The summed E-state index contributed by atoms with van der Waals surface area (Å²) in [5.41, 5.74) is 1.83. The summed E-state index contributed by atoms with van der Waals surface area (Å²) in [6.07, 6.45) is -0.244. The van der Waals surface area contributed by atoms with E-state index in [0.29, 0.717) is 29.8 Å². The van der Waals surface area contributed by atoms with Gasteiger partial charge in [-0.05, 0) is 38.5 Å². The van der Waals surface area contributed by atoms with Crippen LogP contribution < -0.4 is 14.8 Å². The zero-order chi connectivity index (χ0) is 24.5. The smallest absolute Gasteiger partial charge is 0.311 e. The Morgan fingerprint density at radius 3 is 2.68 bits per heavy atom. The van der Waals surface area contributed by atoms with E-state index in [0.717, 1.165) is 5.56 Å². The maximum absolute atomic E-state index is 13.0. The van der Waals surface area contributed by atoms with Crippen LogP contribution in [0.3, 0.4) is 0 Å². The van der Waals surface area contributed by atoms with Gasteiger partial charge in [0.05, 0.1) is 30.9 Å². The van der Waals surface area contributed by atoms with E-state index in [2.05, 4.69) is 15.3 Å². The quantitative estimate of drug-likeness (QED) is 0.398. The van der Waals surface area contributed by atoms with E-state index in [1.54, 1.807) is 25.5 Å². The van der Waals surface area contributed by atoms with E-state index >= 15 is 0 Å². The van der Waals surface area contributed by atoms with Gasteiger partial charge in [-0.25, -0.2) is 4.98 Å². The minimum Gasteiger partial charge on any atom is -0.472 e.